The van der Waals surface area contributed by atoms with Crippen LogP contribution >= 0.6 is 0 Å². The van der Waals surface area contributed by atoms with Gasteiger partial charge in [0, 0.05) is 12.1 Å². The van der Waals surface area contributed by atoms with Crippen LogP contribution in [0.1, 0.15) is 23.9 Å². The van der Waals surface area contributed by atoms with Crippen molar-refractivity contribution in [1.82, 2.24) is 9.78 Å². The van der Waals surface area contributed by atoms with Crippen LogP contribution in [-0.4, -0.2) is 16.8 Å². The van der Waals surface area contributed by atoms with Gasteiger partial charge in [-0.1, -0.05) is 6.92 Å². The molecule has 6 heteroatoms. The molecule has 0 unspecified atom stereocenters. The van der Waals surface area contributed by atoms with Crippen LogP contribution in [0, 0.1) is 13.8 Å². The summed E-state index contributed by atoms with van der Waals surface area (Å²) in [6.07, 6.45) is -0.213. The number of hydrogen-bond acceptors (Lipinski definition) is 1. The molecule has 80 valence electrons. The molecule has 1 aromatic rings. The zero-order valence-electron chi connectivity index (χ0n) is 8.52. The van der Waals surface area contributed by atoms with Gasteiger partial charge in [0.1, 0.15) is 0 Å². The second-order valence-electron chi connectivity index (χ2n) is 3.40. The Labute approximate surface area is 81.2 Å². The van der Waals surface area contributed by atoms with Crippen molar-refractivity contribution in [3.05, 3.63) is 17.0 Å². The molecule has 2 nitrogen and oxygen atoms in total. The van der Waals surface area contributed by atoms with Crippen LogP contribution in [0.4, 0.5) is 12.9 Å². The summed E-state index contributed by atoms with van der Waals surface area (Å²) in [5, 5.41) is 3.88. The molecule has 0 N–H and O–H groups in total. The molecule has 0 radical (unpaired) electrons. The highest BCUT2D eigenvalue weighted by Crippen LogP contribution is 2.17. The maximum atomic E-state index is 12.2. The summed E-state index contributed by atoms with van der Waals surface area (Å²) in [6, 6.07) is 0. The molecule has 14 heavy (non-hydrogen) atoms. The lowest BCUT2D eigenvalue weighted by molar-refractivity contribution is 0.433. The molecular formula is C8H13BF3N2-. The van der Waals surface area contributed by atoms with E-state index >= 15 is 0 Å². The van der Waals surface area contributed by atoms with Gasteiger partial charge < -0.3 is 12.9 Å². The minimum Gasteiger partial charge on any atom is -0.448 e. The van der Waals surface area contributed by atoms with Crippen LogP contribution in [0.25, 0.3) is 0 Å². The van der Waals surface area contributed by atoms with Crippen LogP contribution in [0.15, 0.2) is 0 Å². The van der Waals surface area contributed by atoms with Crippen molar-refractivity contribution in [2.75, 3.05) is 0 Å². The maximum Gasteiger partial charge on any atom is 0.499 e. The third kappa shape index (κ3) is 2.30. The molecule has 1 rings (SSSR count). The van der Waals surface area contributed by atoms with Gasteiger partial charge in [-0.3, -0.25) is 4.68 Å². The lowest BCUT2D eigenvalue weighted by Gasteiger charge is -2.14. The lowest BCUT2D eigenvalue weighted by atomic mass is 9.92. The summed E-state index contributed by atoms with van der Waals surface area (Å²) in [5.41, 5.74) is 2.25. The van der Waals surface area contributed by atoms with Crippen molar-refractivity contribution in [2.24, 2.45) is 0 Å². The molecule has 0 atom stereocenters. The number of halogens is 3. The van der Waals surface area contributed by atoms with Gasteiger partial charge in [-0.15, -0.1) is 0 Å². The largest absolute Gasteiger partial charge is 0.499 e. The van der Waals surface area contributed by atoms with E-state index in [1.54, 1.807) is 13.8 Å². The Kier molecular flexibility index (Phi) is 2.92. The molecule has 1 heterocycles. The first-order valence-electron chi connectivity index (χ1n) is 4.59. The monoisotopic (exact) mass is 205 g/mol. The zero-order chi connectivity index (χ0) is 10.9. The highest BCUT2D eigenvalue weighted by atomic mass is 19.4. The number of nitrogens with zero attached hydrogens (tertiary/aromatic N) is 2. The van der Waals surface area contributed by atoms with Crippen LogP contribution in [0.5, 0.6) is 0 Å². The molecule has 0 aliphatic heterocycles. The van der Waals surface area contributed by atoms with Crippen molar-refractivity contribution < 1.29 is 12.9 Å². The molecule has 0 bridgehead atoms. The molecule has 1 aromatic heterocycles. The average molecular weight is 205 g/mol. The Bertz CT molecular complexity index is 330. The van der Waals surface area contributed by atoms with E-state index in [1.165, 1.54) is 0 Å². The van der Waals surface area contributed by atoms with Gasteiger partial charge >= 0.3 is 6.98 Å². The quantitative estimate of drug-likeness (QED) is 0.693. The van der Waals surface area contributed by atoms with Gasteiger partial charge in [-0.25, -0.2) is 0 Å². The van der Waals surface area contributed by atoms with Gasteiger partial charge in [0.05, 0.1) is 5.69 Å². The van der Waals surface area contributed by atoms with Gasteiger partial charge in [-0.05, 0) is 25.8 Å². The van der Waals surface area contributed by atoms with E-state index in [0.29, 0.717) is 11.4 Å². The first-order chi connectivity index (χ1) is 6.35. The summed E-state index contributed by atoms with van der Waals surface area (Å²) < 4.78 is 37.6. The molecule has 0 saturated carbocycles. The summed E-state index contributed by atoms with van der Waals surface area (Å²) >= 11 is 0. The third-order valence-electron chi connectivity index (χ3n) is 2.26. The SMILES string of the molecule is CCc1c(C)nn(C[B-](F)(F)F)c1C. The van der Waals surface area contributed by atoms with Crippen molar-refractivity contribution in [1.29, 1.82) is 0 Å². The van der Waals surface area contributed by atoms with E-state index in [0.717, 1.165) is 16.7 Å². The first-order valence-corrected chi connectivity index (χ1v) is 4.59. The Hall–Kier alpha value is -0.935. The Morgan fingerprint density at radius 2 is 1.86 bits per heavy atom. The molecule has 0 aromatic carbocycles. The first kappa shape index (κ1) is 11.1. The van der Waals surface area contributed by atoms with Crippen LogP contribution in [-0.2, 0) is 12.9 Å². The average Bonchev–Trinajstić information content (AvgIpc) is 2.24. The van der Waals surface area contributed by atoms with Crippen LogP contribution in [0.3, 0.4) is 0 Å². The predicted molar refractivity (Wildman–Crippen MR) is 50.2 cm³/mol. The van der Waals surface area contributed by atoms with Crippen molar-refractivity contribution in [2.45, 2.75) is 33.6 Å². The smallest absolute Gasteiger partial charge is 0.448 e. The molecule has 0 spiro atoms. The Morgan fingerprint density at radius 1 is 1.29 bits per heavy atom. The van der Waals surface area contributed by atoms with Crippen LogP contribution < -0.4 is 0 Å². The summed E-state index contributed by atoms with van der Waals surface area (Å²) in [5.74, 6) is 0. The fourth-order valence-electron chi connectivity index (χ4n) is 1.62. The Balaban J connectivity index is 3.00. The fraction of sp³-hybridized carbons (Fsp3) is 0.625. The van der Waals surface area contributed by atoms with Gasteiger partial charge in [0.25, 0.3) is 0 Å². The van der Waals surface area contributed by atoms with Crippen molar-refractivity contribution >= 4 is 6.98 Å². The maximum absolute atomic E-state index is 12.2. The number of hydrogen-bond donors (Lipinski definition) is 0. The van der Waals surface area contributed by atoms with E-state index in [4.69, 9.17) is 0 Å². The van der Waals surface area contributed by atoms with E-state index in [-0.39, 0.29) is 0 Å². The van der Waals surface area contributed by atoms with Crippen molar-refractivity contribution in [3.8, 4) is 0 Å². The van der Waals surface area contributed by atoms with Gasteiger partial charge in [0.15, 0.2) is 0 Å². The molecule has 0 aliphatic carbocycles. The minimum atomic E-state index is -4.81. The summed E-state index contributed by atoms with van der Waals surface area (Å²) in [6.45, 7) is 0.532. The second-order valence-corrected chi connectivity index (χ2v) is 3.40. The second kappa shape index (κ2) is 3.67. The number of aromatic nitrogens is 2. The topological polar surface area (TPSA) is 17.8 Å². The Morgan fingerprint density at radius 3 is 2.21 bits per heavy atom. The fourth-order valence-corrected chi connectivity index (χ4v) is 1.62. The van der Waals surface area contributed by atoms with Crippen molar-refractivity contribution in [3.63, 3.8) is 0 Å². The standard InChI is InChI=1S/C8H13BF3N2/c1-4-8-6(2)13-14(7(8)3)5-9(10,11)12/h4-5H2,1-3H3/q-1. The highest BCUT2D eigenvalue weighted by molar-refractivity contribution is 6.57. The number of aryl methyl sites for hydroxylation is 1. The molecule has 0 saturated heterocycles. The predicted octanol–water partition coefficient (Wildman–Crippen LogP) is 2.45. The van der Waals surface area contributed by atoms with E-state index in [9.17, 15) is 12.9 Å². The normalized spacial score (nSPS) is 12.1. The van der Waals surface area contributed by atoms with E-state index in [1.807, 2.05) is 6.92 Å². The zero-order valence-corrected chi connectivity index (χ0v) is 8.52. The minimum absolute atomic E-state index is 0.629. The molecule has 0 amide bonds. The molecular weight excluding hydrogens is 192 g/mol. The van der Waals surface area contributed by atoms with Crippen LogP contribution in [0.2, 0.25) is 0 Å². The van der Waals surface area contributed by atoms with E-state index in [2.05, 4.69) is 5.10 Å². The number of rotatable bonds is 3. The summed E-state index contributed by atoms with van der Waals surface area (Å²) in [4.78, 5) is 0. The highest BCUT2D eigenvalue weighted by Gasteiger charge is 2.25. The molecule has 0 fully saturated rings. The third-order valence-corrected chi connectivity index (χ3v) is 2.26. The van der Waals surface area contributed by atoms with Gasteiger partial charge in [-0.2, -0.15) is 5.10 Å². The molecule has 0 aliphatic rings. The summed E-state index contributed by atoms with van der Waals surface area (Å²) in [7, 11) is 0. The lowest BCUT2D eigenvalue weighted by Crippen LogP contribution is -2.25. The van der Waals surface area contributed by atoms with Gasteiger partial charge in [0.2, 0.25) is 0 Å². The van der Waals surface area contributed by atoms with E-state index < -0.39 is 13.4 Å².